The summed E-state index contributed by atoms with van der Waals surface area (Å²) in [5, 5.41) is 3.39. The maximum Gasteiger partial charge on any atom is 0.261 e. The molecule has 0 radical (unpaired) electrons. The Kier molecular flexibility index (Phi) is 9.60. The van der Waals surface area contributed by atoms with Gasteiger partial charge in [0.15, 0.2) is 5.11 Å². The number of carbonyl (C=O) groups excluding carboxylic acids is 1. The minimum absolute atomic E-state index is 0.171. The summed E-state index contributed by atoms with van der Waals surface area (Å²) in [5.41, 5.74) is 4.18. The summed E-state index contributed by atoms with van der Waals surface area (Å²) in [6, 6.07) is 37.0. The second kappa shape index (κ2) is 13.7. The Morgan fingerprint density at radius 1 is 0.825 bits per heavy atom. The molecule has 0 aromatic heterocycles. The number of benzene rings is 4. The summed E-state index contributed by atoms with van der Waals surface area (Å²) in [6.45, 7) is 3.59. The predicted molar refractivity (Wildman–Crippen MR) is 168 cm³/mol. The summed E-state index contributed by atoms with van der Waals surface area (Å²) in [5.74, 6) is 0.271. The maximum atomic E-state index is 13.3. The van der Waals surface area contributed by atoms with Crippen LogP contribution in [0.5, 0.6) is 5.75 Å². The van der Waals surface area contributed by atoms with Gasteiger partial charge >= 0.3 is 0 Å². The third-order valence-electron chi connectivity index (χ3n) is 7.10. The van der Waals surface area contributed by atoms with Gasteiger partial charge < -0.3 is 9.64 Å². The van der Waals surface area contributed by atoms with E-state index < -0.39 is 0 Å². The molecule has 0 saturated carbocycles. The fourth-order valence-electron chi connectivity index (χ4n) is 5.04. The van der Waals surface area contributed by atoms with E-state index in [1.165, 1.54) is 16.7 Å². The Hall–Kier alpha value is -3.52. The number of hydrogen-bond acceptors (Lipinski definition) is 4. The first-order valence-corrected chi connectivity index (χ1v) is 14.7. The van der Waals surface area contributed by atoms with Crippen LogP contribution in [0.2, 0.25) is 0 Å². The molecular formula is C33H32BrN3O2S. The van der Waals surface area contributed by atoms with Crippen LogP contribution in [0.1, 0.15) is 33.1 Å². The summed E-state index contributed by atoms with van der Waals surface area (Å²) in [6.07, 6.45) is 0.758. The Bertz CT molecular complexity index is 1370. The van der Waals surface area contributed by atoms with Crippen LogP contribution in [-0.2, 0) is 6.42 Å². The normalized spacial score (nSPS) is 13.7. The van der Waals surface area contributed by atoms with Crippen molar-refractivity contribution in [3.63, 3.8) is 0 Å². The van der Waals surface area contributed by atoms with Gasteiger partial charge in [-0.3, -0.25) is 15.0 Å². The van der Waals surface area contributed by atoms with Crippen LogP contribution < -0.4 is 10.1 Å². The summed E-state index contributed by atoms with van der Waals surface area (Å²) >= 11 is 9.18. The van der Waals surface area contributed by atoms with E-state index in [0.29, 0.717) is 23.0 Å². The van der Waals surface area contributed by atoms with Crippen LogP contribution in [0, 0.1) is 0 Å². The van der Waals surface area contributed by atoms with E-state index in [4.69, 9.17) is 17.0 Å². The SMILES string of the molecule is O=C(NC(=S)N1CCN(C(c2ccccc2)c2ccccc2)CC1)c1cc(Br)ccc1OCCc1ccccc1. The third kappa shape index (κ3) is 7.16. The molecule has 7 heteroatoms. The number of nitrogens with zero attached hydrogens (tertiary/aromatic N) is 2. The summed E-state index contributed by atoms with van der Waals surface area (Å²) in [4.78, 5) is 17.9. The molecule has 0 unspecified atom stereocenters. The highest BCUT2D eigenvalue weighted by molar-refractivity contribution is 9.10. The Morgan fingerprint density at radius 2 is 1.40 bits per heavy atom. The van der Waals surface area contributed by atoms with Crippen LogP contribution in [0.4, 0.5) is 0 Å². The molecule has 0 atom stereocenters. The van der Waals surface area contributed by atoms with E-state index >= 15 is 0 Å². The Labute approximate surface area is 249 Å². The molecule has 1 amide bonds. The molecule has 40 heavy (non-hydrogen) atoms. The first kappa shape index (κ1) is 28.0. The zero-order valence-corrected chi connectivity index (χ0v) is 24.6. The predicted octanol–water partition coefficient (Wildman–Crippen LogP) is 6.49. The average molecular weight is 615 g/mol. The molecule has 4 aromatic carbocycles. The summed E-state index contributed by atoms with van der Waals surface area (Å²) < 4.78 is 6.83. The van der Waals surface area contributed by atoms with Crippen LogP contribution in [-0.4, -0.2) is 53.6 Å². The first-order chi connectivity index (χ1) is 19.6. The number of halogens is 1. The van der Waals surface area contributed by atoms with E-state index in [1.807, 2.05) is 30.3 Å². The Morgan fingerprint density at radius 3 is 2.00 bits per heavy atom. The number of amides is 1. The quantitative estimate of drug-likeness (QED) is 0.230. The second-order valence-corrected chi connectivity index (χ2v) is 11.0. The number of ether oxygens (including phenoxy) is 1. The number of piperazine rings is 1. The van der Waals surface area contributed by atoms with E-state index in [-0.39, 0.29) is 11.9 Å². The first-order valence-electron chi connectivity index (χ1n) is 13.5. The molecule has 1 heterocycles. The molecule has 0 aliphatic carbocycles. The van der Waals surface area contributed by atoms with Crippen molar-refractivity contribution in [1.82, 2.24) is 15.1 Å². The molecule has 1 aliphatic rings. The fourth-order valence-corrected chi connectivity index (χ4v) is 5.68. The molecule has 0 bridgehead atoms. The van der Waals surface area contributed by atoms with Gasteiger partial charge in [0.1, 0.15) is 5.75 Å². The van der Waals surface area contributed by atoms with Crippen molar-refractivity contribution in [3.05, 3.63) is 136 Å². The number of rotatable bonds is 8. The lowest BCUT2D eigenvalue weighted by Gasteiger charge is -2.40. The molecule has 5 nitrogen and oxygen atoms in total. The van der Waals surface area contributed by atoms with Crippen molar-refractivity contribution in [3.8, 4) is 5.75 Å². The minimum Gasteiger partial charge on any atom is -0.492 e. The smallest absolute Gasteiger partial charge is 0.261 e. The van der Waals surface area contributed by atoms with Crippen LogP contribution in [0.25, 0.3) is 0 Å². The number of carbonyl (C=O) groups is 1. The zero-order chi connectivity index (χ0) is 27.7. The highest BCUT2D eigenvalue weighted by Crippen LogP contribution is 2.29. The van der Waals surface area contributed by atoms with Gasteiger partial charge in [0.25, 0.3) is 5.91 Å². The van der Waals surface area contributed by atoms with Gasteiger partial charge in [-0.05, 0) is 47.1 Å². The van der Waals surface area contributed by atoms with Crippen molar-refractivity contribution in [1.29, 1.82) is 0 Å². The maximum absolute atomic E-state index is 13.3. The molecule has 1 fully saturated rings. The van der Waals surface area contributed by atoms with Crippen LogP contribution in [0.3, 0.4) is 0 Å². The molecule has 1 saturated heterocycles. The highest BCUT2D eigenvalue weighted by Gasteiger charge is 2.28. The molecule has 0 spiro atoms. The van der Waals surface area contributed by atoms with Crippen molar-refractivity contribution in [2.75, 3.05) is 32.8 Å². The minimum atomic E-state index is -0.269. The van der Waals surface area contributed by atoms with E-state index in [9.17, 15) is 4.79 Å². The fraction of sp³-hybridized carbons (Fsp3) is 0.212. The van der Waals surface area contributed by atoms with Gasteiger partial charge in [0, 0.05) is 37.1 Å². The molecule has 5 rings (SSSR count). The van der Waals surface area contributed by atoms with Gasteiger partial charge in [-0.15, -0.1) is 0 Å². The standard InChI is InChI=1S/C33H32BrN3O2S/c34-28-16-17-30(39-23-18-25-10-4-1-5-11-25)29(24-28)32(38)35-33(40)37-21-19-36(20-22-37)31(26-12-6-2-7-13-26)27-14-8-3-9-15-27/h1-17,24,31H,18-23H2,(H,35,38,40). The van der Waals surface area contributed by atoms with Gasteiger partial charge in [-0.1, -0.05) is 107 Å². The lowest BCUT2D eigenvalue weighted by molar-refractivity contribution is 0.0963. The van der Waals surface area contributed by atoms with Crippen molar-refractivity contribution in [2.45, 2.75) is 12.5 Å². The van der Waals surface area contributed by atoms with Gasteiger partial charge in [-0.25, -0.2) is 0 Å². The van der Waals surface area contributed by atoms with Crippen molar-refractivity contribution < 1.29 is 9.53 Å². The lowest BCUT2D eigenvalue weighted by Crippen LogP contribution is -2.53. The lowest BCUT2D eigenvalue weighted by atomic mass is 9.96. The molecular weight excluding hydrogens is 582 g/mol. The second-order valence-electron chi connectivity index (χ2n) is 9.73. The average Bonchev–Trinajstić information content (AvgIpc) is 3.00. The topological polar surface area (TPSA) is 44.8 Å². The molecule has 204 valence electrons. The largest absolute Gasteiger partial charge is 0.492 e. The van der Waals surface area contributed by atoms with Crippen LogP contribution >= 0.6 is 28.1 Å². The number of thiocarbonyl (C=S) groups is 1. The van der Waals surface area contributed by atoms with Crippen LogP contribution in [0.15, 0.2) is 114 Å². The third-order valence-corrected chi connectivity index (χ3v) is 7.95. The Balaban J connectivity index is 1.20. The van der Waals surface area contributed by atoms with Gasteiger partial charge in [0.2, 0.25) is 0 Å². The zero-order valence-electron chi connectivity index (χ0n) is 22.2. The van der Waals surface area contributed by atoms with Gasteiger partial charge in [-0.2, -0.15) is 0 Å². The molecule has 1 aliphatic heterocycles. The van der Waals surface area contributed by atoms with Gasteiger partial charge in [0.05, 0.1) is 18.2 Å². The molecule has 4 aromatic rings. The molecule has 1 N–H and O–H groups in total. The van der Waals surface area contributed by atoms with Crippen molar-refractivity contribution in [2.24, 2.45) is 0 Å². The van der Waals surface area contributed by atoms with E-state index in [0.717, 1.165) is 37.1 Å². The monoisotopic (exact) mass is 613 g/mol. The number of nitrogens with one attached hydrogen (secondary N) is 1. The van der Waals surface area contributed by atoms with Crippen molar-refractivity contribution >= 4 is 39.2 Å². The van der Waals surface area contributed by atoms with E-state index in [1.54, 1.807) is 6.07 Å². The highest BCUT2D eigenvalue weighted by atomic mass is 79.9. The summed E-state index contributed by atoms with van der Waals surface area (Å²) in [7, 11) is 0. The number of hydrogen-bond donors (Lipinski definition) is 1. The van der Waals surface area contributed by atoms with E-state index in [2.05, 4.69) is 104 Å².